The first-order chi connectivity index (χ1) is 8.54. The Hall–Kier alpha value is -2.35. The summed E-state index contributed by atoms with van der Waals surface area (Å²) in [7, 11) is 0. The molecule has 0 spiro atoms. The summed E-state index contributed by atoms with van der Waals surface area (Å²) in [5.74, 6) is -1.34. The quantitative estimate of drug-likeness (QED) is 0.820. The minimum Gasteiger partial charge on any atom is -0.478 e. The highest BCUT2D eigenvalue weighted by Crippen LogP contribution is 2.09. The van der Waals surface area contributed by atoms with Gasteiger partial charge in [0.05, 0.1) is 24.5 Å². The summed E-state index contributed by atoms with van der Waals surface area (Å²) < 4.78 is 0. The number of aromatic carboxylic acids is 1. The van der Waals surface area contributed by atoms with Crippen molar-refractivity contribution in [2.45, 2.75) is 25.8 Å². The highest BCUT2D eigenvalue weighted by molar-refractivity contribution is 5.91. The maximum Gasteiger partial charge on any atom is 0.335 e. The molecule has 1 amide bonds. The number of amides is 1. The van der Waals surface area contributed by atoms with Crippen LogP contribution in [0, 0.1) is 11.3 Å². The molecule has 0 aliphatic rings. The van der Waals surface area contributed by atoms with Crippen molar-refractivity contribution in [3.63, 3.8) is 0 Å². The van der Waals surface area contributed by atoms with E-state index in [4.69, 9.17) is 10.4 Å². The molecule has 1 aromatic rings. The Morgan fingerprint density at radius 3 is 2.72 bits per heavy atom. The van der Waals surface area contributed by atoms with Crippen molar-refractivity contribution in [3.05, 3.63) is 35.4 Å². The van der Waals surface area contributed by atoms with E-state index >= 15 is 0 Å². The van der Waals surface area contributed by atoms with Gasteiger partial charge in [0.1, 0.15) is 0 Å². The average molecular weight is 246 g/mol. The number of nitrogens with zero attached hydrogens (tertiary/aromatic N) is 1. The fraction of sp³-hybridized carbons (Fsp3) is 0.308. The lowest BCUT2D eigenvalue weighted by atomic mass is 10.0. The van der Waals surface area contributed by atoms with Crippen LogP contribution in [0.2, 0.25) is 0 Å². The minimum absolute atomic E-state index is 0.00174. The van der Waals surface area contributed by atoms with Crippen LogP contribution in [0.1, 0.15) is 29.3 Å². The third-order valence-electron chi connectivity index (χ3n) is 2.40. The van der Waals surface area contributed by atoms with E-state index in [0.717, 1.165) is 0 Å². The molecule has 1 atom stereocenters. The molecule has 2 N–H and O–H groups in total. The van der Waals surface area contributed by atoms with Gasteiger partial charge in [-0.15, -0.1) is 0 Å². The van der Waals surface area contributed by atoms with Crippen molar-refractivity contribution in [3.8, 4) is 6.07 Å². The highest BCUT2D eigenvalue weighted by Gasteiger charge is 2.13. The molecule has 1 rings (SSSR count). The van der Waals surface area contributed by atoms with Gasteiger partial charge in [0.25, 0.3) is 0 Å². The molecule has 94 valence electrons. The topological polar surface area (TPSA) is 90.2 Å². The number of carbonyl (C=O) groups excluding carboxylic acids is 1. The van der Waals surface area contributed by atoms with Gasteiger partial charge in [-0.05, 0) is 18.6 Å². The van der Waals surface area contributed by atoms with Crippen LogP contribution in [0.5, 0.6) is 0 Å². The summed E-state index contributed by atoms with van der Waals surface area (Å²) in [6.45, 7) is 1.73. The largest absolute Gasteiger partial charge is 0.478 e. The van der Waals surface area contributed by atoms with Gasteiger partial charge in [-0.3, -0.25) is 4.79 Å². The van der Waals surface area contributed by atoms with Crippen LogP contribution in [0.25, 0.3) is 0 Å². The van der Waals surface area contributed by atoms with Crippen molar-refractivity contribution >= 4 is 11.9 Å². The Kier molecular flexibility index (Phi) is 4.88. The van der Waals surface area contributed by atoms with Crippen molar-refractivity contribution < 1.29 is 14.7 Å². The highest BCUT2D eigenvalue weighted by atomic mass is 16.4. The molecule has 0 aliphatic heterocycles. The summed E-state index contributed by atoms with van der Waals surface area (Å²) in [6.07, 6.45) is 0.227. The summed E-state index contributed by atoms with van der Waals surface area (Å²) in [6, 6.07) is 8.09. The summed E-state index contributed by atoms with van der Waals surface area (Å²) in [4.78, 5) is 22.6. The molecule has 1 aromatic carbocycles. The predicted molar refractivity (Wildman–Crippen MR) is 64.9 cm³/mol. The van der Waals surface area contributed by atoms with Crippen LogP contribution in [0.15, 0.2) is 24.3 Å². The minimum atomic E-state index is -1.05. The van der Waals surface area contributed by atoms with E-state index in [1.54, 1.807) is 25.1 Å². The first-order valence-corrected chi connectivity index (χ1v) is 5.52. The van der Waals surface area contributed by atoms with Crippen molar-refractivity contribution in [1.82, 2.24) is 5.32 Å². The second-order valence-corrected chi connectivity index (χ2v) is 3.97. The number of carboxylic acid groups (broad SMARTS) is 1. The molecule has 18 heavy (non-hydrogen) atoms. The standard InChI is InChI=1S/C13H14N2O3/c1-9(6-7-14)15-12(16)8-10-4-2-3-5-11(10)13(17)18/h2-5,9H,6,8H2,1H3,(H,15,16)(H,17,18). The van der Waals surface area contributed by atoms with E-state index in [0.29, 0.717) is 5.56 Å². The van der Waals surface area contributed by atoms with Gasteiger partial charge >= 0.3 is 5.97 Å². The Labute approximate surface area is 105 Å². The zero-order valence-corrected chi connectivity index (χ0v) is 10.0. The molecular weight excluding hydrogens is 232 g/mol. The molecule has 5 heteroatoms. The molecule has 0 saturated heterocycles. The maximum atomic E-state index is 11.7. The lowest BCUT2D eigenvalue weighted by Gasteiger charge is -2.11. The van der Waals surface area contributed by atoms with E-state index in [1.807, 2.05) is 6.07 Å². The summed E-state index contributed by atoms with van der Waals surface area (Å²) in [5, 5.41) is 20.1. The molecule has 0 heterocycles. The third kappa shape index (κ3) is 3.91. The van der Waals surface area contributed by atoms with Crippen LogP contribution in [-0.2, 0) is 11.2 Å². The van der Waals surface area contributed by atoms with Gasteiger partial charge in [0, 0.05) is 6.04 Å². The lowest BCUT2D eigenvalue weighted by Crippen LogP contribution is -2.33. The summed E-state index contributed by atoms with van der Waals surface area (Å²) >= 11 is 0. The molecular formula is C13H14N2O3. The third-order valence-corrected chi connectivity index (χ3v) is 2.40. The number of hydrogen-bond donors (Lipinski definition) is 2. The maximum absolute atomic E-state index is 11.7. The predicted octanol–water partition coefficient (Wildman–Crippen LogP) is 1.35. The van der Waals surface area contributed by atoms with Crippen molar-refractivity contribution in [2.75, 3.05) is 0 Å². The second kappa shape index (κ2) is 6.40. The first kappa shape index (κ1) is 13.7. The molecule has 0 aromatic heterocycles. The summed E-state index contributed by atoms with van der Waals surface area (Å²) in [5.41, 5.74) is 0.590. The van der Waals surface area contributed by atoms with Gasteiger partial charge in [0.15, 0.2) is 0 Å². The lowest BCUT2D eigenvalue weighted by molar-refractivity contribution is -0.121. The number of nitriles is 1. The van der Waals surface area contributed by atoms with Crippen LogP contribution in [0.4, 0.5) is 0 Å². The molecule has 0 bridgehead atoms. The van der Waals surface area contributed by atoms with E-state index in [1.165, 1.54) is 6.07 Å². The van der Waals surface area contributed by atoms with Gasteiger partial charge in [-0.2, -0.15) is 5.26 Å². The number of hydrogen-bond acceptors (Lipinski definition) is 3. The molecule has 0 radical (unpaired) electrons. The van der Waals surface area contributed by atoms with Gasteiger partial charge in [-0.1, -0.05) is 18.2 Å². The van der Waals surface area contributed by atoms with E-state index in [-0.39, 0.29) is 30.4 Å². The zero-order valence-electron chi connectivity index (χ0n) is 10.0. The van der Waals surface area contributed by atoms with Gasteiger partial charge < -0.3 is 10.4 Å². The SMILES string of the molecule is CC(CC#N)NC(=O)Cc1ccccc1C(=O)O. The van der Waals surface area contributed by atoms with E-state index in [9.17, 15) is 9.59 Å². The average Bonchev–Trinajstić information content (AvgIpc) is 2.29. The fourth-order valence-corrected chi connectivity index (χ4v) is 1.57. The Morgan fingerprint density at radius 1 is 1.44 bits per heavy atom. The van der Waals surface area contributed by atoms with E-state index < -0.39 is 5.97 Å². The monoisotopic (exact) mass is 246 g/mol. The molecule has 0 aliphatic carbocycles. The number of rotatable bonds is 5. The second-order valence-electron chi connectivity index (χ2n) is 3.97. The number of carboxylic acids is 1. The number of carbonyl (C=O) groups is 2. The van der Waals surface area contributed by atoms with Crippen LogP contribution < -0.4 is 5.32 Å². The fourth-order valence-electron chi connectivity index (χ4n) is 1.57. The van der Waals surface area contributed by atoms with Crippen LogP contribution >= 0.6 is 0 Å². The van der Waals surface area contributed by atoms with Crippen LogP contribution in [-0.4, -0.2) is 23.0 Å². The van der Waals surface area contributed by atoms with Gasteiger partial charge in [0.2, 0.25) is 5.91 Å². The zero-order chi connectivity index (χ0) is 13.5. The van der Waals surface area contributed by atoms with Crippen molar-refractivity contribution in [1.29, 1.82) is 5.26 Å². The molecule has 0 fully saturated rings. The smallest absolute Gasteiger partial charge is 0.335 e. The van der Waals surface area contributed by atoms with E-state index in [2.05, 4.69) is 5.32 Å². The molecule has 1 unspecified atom stereocenters. The van der Waals surface area contributed by atoms with Crippen molar-refractivity contribution in [2.24, 2.45) is 0 Å². The van der Waals surface area contributed by atoms with Crippen LogP contribution in [0.3, 0.4) is 0 Å². The van der Waals surface area contributed by atoms with Gasteiger partial charge in [-0.25, -0.2) is 4.79 Å². The number of nitrogens with one attached hydrogen (secondary N) is 1. The normalized spacial score (nSPS) is 11.3. The Morgan fingerprint density at radius 2 is 2.11 bits per heavy atom. The Bertz CT molecular complexity index is 491. The first-order valence-electron chi connectivity index (χ1n) is 5.52. The Balaban J connectivity index is 2.71. The molecule has 5 nitrogen and oxygen atoms in total. The molecule has 0 saturated carbocycles. The number of benzene rings is 1.